The van der Waals surface area contributed by atoms with Gasteiger partial charge >= 0.3 is 0 Å². The highest BCUT2D eigenvalue weighted by Gasteiger charge is 2.34. The second kappa shape index (κ2) is 10.9. The fourth-order valence-corrected chi connectivity index (χ4v) is 5.49. The molecule has 1 aromatic heterocycles. The van der Waals surface area contributed by atoms with Crippen molar-refractivity contribution in [3.63, 3.8) is 0 Å². The maximum atomic E-state index is 14.5. The van der Waals surface area contributed by atoms with Crippen molar-refractivity contribution in [2.75, 3.05) is 75.3 Å². The summed E-state index contributed by atoms with van der Waals surface area (Å²) in [5.74, 6) is -0.0722. The zero-order valence-electron chi connectivity index (χ0n) is 22.2. The molecule has 206 valence electrons. The molecule has 0 amide bonds. The molecule has 0 unspecified atom stereocenters. The minimum atomic E-state index is -0.881. The van der Waals surface area contributed by atoms with E-state index < -0.39 is 17.7 Å². The van der Waals surface area contributed by atoms with E-state index in [1.807, 2.05) is 12.1 Å². The number of nitrogens with zero attached hydrogens (tertiary/aromatic N) is 6. The van der Waals surface area contributed by atoms with Crippen LogP contribution in [0.5, 0.6) is 5.75 Å². The summed E-state index contributed by atoms with van der Waals surface area (Å²) in [6, 6.07) is 12.1. The molecule has 39 heavy (non-hydrogen) atoms. The number of rotatable bonds is 7. The Hall–Kier alpha value is -3.54. The average Bonchev–Trinajstić information content (AvgIpc) is 3.41. The zero-order chi connectivity index (χ0) is 26.9. The topological polar surface area (TPSA) is 69.2 Å². The van der Waals surface area contributed by atoms with E-state index in [4.69, 9.17) is 9.57 Å². The molecule has 2 aromatic carbocycles. The van der Waals surface area contributed by atoms with Crippen LogP contribution in [0.2, 0.25) is 0 Å². The first-order chi connectivity index (χ1) is 19.0. The molecule has 6 rings (SSSR count). The van der Waals surface area contributed by atoms with Gasteiger partial charge < -0.3 is 19.9 Å². The van der Waals surface area contributed by atoms with Crippen molar-refractivity contribution in [1.29, 1.82) is 0 Å². The van der Waals surface area contributed by atoms with E-state index in [-0.39, 0.29) is 5.56 Å². The summed E-state index contributed by atoms with van der Waals surface area (Å²) < 4.78 is 34.1. The van der Waals surface area contributed by atoms with Gasteiger partial charge in [-0.1, -0.05) is 12.1 Å². The Kier molecular flexibility index (Phi) is 7.20. The molecule has 0 spiro atoms. The molecule has 4 heterocycles. The number of hydroxylamine groups is 1. The summed E-state index contributed by atoms with van der Waals surface area (Å²) >= 11 is 0. The fraction of sp³-hybridized carbons (Fsp3) is 0.429. The van der Waals surface area contributed by atoms with Crippen molar-refractivity contribution >= 4 is 23.0 Å². The highest BCUT2D eigenvalue weighted by molar-refractivity contribution is 5.70. The SMILES string of the molecule is COc1cc(N2CC(N3CCN(C)CC3)C2)ccc1Nc1cc(N2OCC[C@@H]2c2cccc(F)c2F)ncn1. The van der Waals surface area contributed by atoms with Gasteiger partial charge in [-0.25, -0.2) is 23.8 Å². The van der Waals surface area contributed by atoms with E-state index >= 15 is 0 Å². The van der Waals surface area contributed by atoms with E-state index in [2.05, 4.69) is 43.1 Å². The first-order valence-corrected chi connectivity index (χ1v) is 13.3. The summed E-state index contributed by atoms with van der Waals surface area (Å²) in [4.78, 5) is 21.8. The van der Waals surface area contributed by atoms with Crippen LogP contribution in [0.15, 0.2) is 48.8 Å². The van der Waals surface area contributed by atoms with Crippen molar-refractivity contribution in [2.24, 2.45) is 0 Å². The number of hydrogen-bond donors (Lipinski definition) is 1. The number of likely N-dealkylation sites (N-methyl/N-ethyl adjacent to an activating group) is 1. The highest BCUT2D eigenvalue weighted by Crippen LogP contribution is 2.38. The number of methoxy groups -OCH3 is 1. The Morgan fingerprint density at radius 2 is 1.85 bits per heavy atom. The van der Waals surface area contributed by atoms with Crippen LogP contribution in [-0.4, -0.2) is 85.8 Å². The third-order valence-electron chi connectivity index (χ3n) is 7.85. The third kappa shape index (κ3) is 5.21. The molecule has 3 fully saturated rings. The van der Waals surface area contributed by atoms with Crippen LogP contribution in [0.4, 0.5) is 31.8 Å². The number of nitrogens with one attached hydrogen (secondary N) is 1. The molecule has 11 heteroatoms. The van der Waals surface area contributed by atoms with Gasteiger partial charge in [-0.2, -0.15) is 0 Å². The highest BCUT2D eigenvalue weighted by atomic mass is 19.2. The lowest BCUT2D eigenvalue weighted by molar-refractivity contribution is 0.0963. The number of ether oxygens (including phenoxy) is 1. The number of hydrogen-bond acceptors (Lipinski definition) is 9. The fourth-order valence-electron chi connectivity index (χ4n) is 5.49. The van der Waals surface area contributed by atoms with Crippen LogP contribution in [0, 0.1) is 11.6 Å². The van der Waals surface area contributed by atoms with Gasteiger partial charge in [0.05, 0.1) is 25.4 Å². The van der Waals surface area contributed by atoms with E-state index in [9.17, 15) is 8.78 Å². The summed E-state index contributed by atoms with van der Waals surface area (Å²) in [5, 5.41) is 4.82. The maximum Gasteiger partial charge on any atom is 0.164 e. The van der Waals surface area contributed by atoms with Crippen LogP contribution in [0.25, 0.3) is 0 Å². The van der Waals surface area contributed by atoms with Crippen LogP contribution in [0.1, 0.15) is 18.0 Å². The minimum Gasteiger partial charge on any atom is -0.494 e. The molecule has 0 saturated carbocycles. The Balaban J connectivity index is 1.14. The smallest absolute Gasteiger partial charge is 0.164 e. The van der Waals surface area contributed by atoms with Crippen LogP contribution >= 0.6 is 0 Å². The summed E-state index contributed by atoms with van der Waals surface area (Å²) in [6.07, 6.45) is 1.92. The number of benzene rings is 2. The van der Waals surface area contributed by atoms with Crippen LogP contribution in [0.3, 0.4) is 0 Å². The van der Waals surface area contributed by atoms with Crippen LogP contribution in [-0.2, 0) is 4.84 Å². The summed E-state index contributed by atoms with van der Waals surface area (Å²) in [5.41, 5.74) is 2.12. The number of anilines is 4. The Labute approximate surface area is 226 Å². The molecule has 0 bridgehead atoms. The quantitative estimate of drug-likeness (QED) is 0.484. The Morgan fingerprint density at radius 3 is 2.64 bits per heavy atom. The van der Waals surface area contributed by atoms with E-state index in [0.717, 1.165) is 56.7 Å². The van der Waals surface area contributed by atoms with Gasteiger partial charge in [0.25, 0.3) is 0 Å². The van der Waals surface area contributed by atoms with E-state index in [0.29, 0.717) is 36.5 Å². The van der Waals surface area contributed by atoms with Gasteiger partial charge in [0.2, 0.25) is 0 Å². The zero-order valence-corrected chi connectivity index (χ0v) is 22.2. The molecule has 3 aliphatic rings. The predicted molar refractivity (Wildman–Crippen MR) is 146 cm³/mol. The van der Waals surface area contributed by atoms with Gasteiger partial charge in [0, 0.05) is 75.1 Å². The first-order valence-electron chi connectivity index (χ1n) is 13.3. The van der Waals surface area contributed by atoms with Crippen molar-refractivity contribution in [3.05, 3.63) is 66.0 Å². The maximum absolute atomic E-state index is 14.5. The Morgan fingerprint density at radius 1 is 1.03 bits per heavy atom. The normalized spacial score (nSPS) is 20.8. The molecule has 3 saturated heterocycles. The molecule has 1 N–H and O–H groups in total. The van der Waals surface area contributed by atoms with Crippen molar-refractivity contribution in [2.45, 2.75) is 18.5 Å². The molecule has 0 radical (unpaired) electrons. The number of aromatic nitrogens is 2. The monoisotopic (exact) mass is 537 g/mol. The van der Waals surface area contributed by atoms with Gasteiger partial charge in [0.1, 0.15) is 17.9 Å². The molecule has 9 nitrogen and oxygen atoms in total. The van der Waals surface area contributed by atoms with Gasteiger partial charge in [-0.15, -0.1) is 0 Å². The second-order valence-corrected chi connectivity index (χ2v) is 10.3. The standard InChI is InChI=1S/C28H33F2N7O2/c1-34-9-11-35(12-10-34)20-16-36(17-20)19-6-7-23(25(14-19)38-2)33-26-15-27(32-18-31-26)37-24(8-13-39-37)21-4-3-5-22(29)28(21)30/h3-7,14-15,18,20,24H,8-13,16-17H2,1-2H3,(H,31,32,33)/t24-/m1/s1. The van der Waals surface area contributed by atoms with Crippen molar-refractivity contribution < 1.29 is 18.4 Å². The van der Waals surface area contributed by atoms with Gasteiger partial charge in [-0.05, 0) is 25.2 Å². The van der Waals surface area contributed by atoms with Gasteiger partial charge in [0.15, 0.2) is 17.5 Å². The second-order valence-electron chi connectivity index (χ2n) is 10.3. The van der Waals surface area contributed by atoms with Gasteiger partial charge in [-0.3, -0.25) is 9.74 Å². The number of piperazine rings is 1. The molecule has 3 aromatic rings. The number of halogens is 2. The van der Waals surface area contributed by atoms with Crippen LogP contribution < -0.4 is 20.0 Å². The van der Waals surface area contributed by atoms with Crippen molar-refractivity contribution in [3.8, 4) is 5.75 Å². The lowest BCUT2D eigenvalue weighted by Gasteiger charge is -2.48. The Bertz CT molecular complexity index is 1310. The first kappa shape index (κ1) is 25.7. The molecule has 3 aliphatic heterocycles. The molecular weight excluding hydrogens is 504 g/mol. The largest absolute Gasteiger partial charge is 0.494 e. The molecular formula is C28H33F2N7O2. The minimum absolute atomic E-state index is 0.235. The van der Waals surface area contributed by atoms with E-state index in [1.165, 1.54) is 17.5 Å². The predicted octanol–water partition coefficient (Wildman–Crippen LogP) is 3.83. The lowest BCUT2D eigenvalue weighted by Crippen LogP contribution is -2.63. The molecule has 0 aliphatic carbocycles. The third-order valence-corrected chi connectivity index (χ3v) is 7.85. The average molecular weight is 538 g/mol. The van der Waals surface area contributed by atoms with E-state index in [1.54, 1.807) is 19.2 Å². The van der Waals surface area contributed by atoms with Crippen molar-refractivity contribution in [1.82, 2.24) is 19.8 Å². The lowest BCUT2D eigenvalue weighted by atomic mass is 10.0. The summed E-state index contributed by atoms with van der Waals surface area (Å²) in [7, 11) is 3.83. The molecule has 1 atom stereocenters. The summed E-state index contributed by atoms with van der Waals surface area (Å²) in [6.45, 7) is 6.90.